The smallest absolute Gasteiger partial charge is 0.462 e. The molecule has 103 heavy (non-hydrogen) atoms. The van der Waals surface area contributed by atoms with E-state index in [4.69, 9.17) is 37.0 Å². The number of carbonyl (C=O) groups is 4. The van der Waals surface area contributed by atoms with Gasteiger partial charge in [0.25, 0.3) is 0 Å². The summed E-state index contributed by atoms with van der Waals surface area (Å²) in [5.41, 5.74) is 0. The number of aliphatic hydroxyl groups is 1. The molecule has 0 fully saturated rings. The van der Waals surface area contributed by atoms with Crippen molar-refractivity contribution in [1.29, 1.82) is 0 Å². The molecule has 0 rings (SSSR count). The average Bonchev–Trinajstić information content (AvgIpc) is 0.924. The Morgan fingerprint density at radius 2 is 0.524 bits per heavy atom. The monoisotopic (exact) mass is 1500 g/mol. The molecule has 0 amide bonds. The summed E-state index contributed by atoms with van der Waals surface area (Å²) >= 11 is 0. The Hall–Kier alpha value is -2.46. The highest BCUT2D eigenvalue weighted by Gasteiger charge is 2.30. The zero-order valence-electron chi connectivity index (χ0n) is 66.9. The van der Waals surface area contributed by atoms with Crippen LogP contribution in [0.4, 0.5) is 0 Å². The summed E-state index contributed by atoms with van der Waals surface area (Å²) in [5.74, 6) is -1.41. The van der Waals surface area contributed by atoms with Gasteiger partial charge >= 0.3 is 39.5 Å². The molecule has 0 aromatic rings. The van der Waals surface area contributed by atoms with E-state index in [-0.39, 0.29) is 25.7 Å². The molecule has 5 atom stereocenters. The Balaban J connectivity index is 5.25. The number of ether oxygens (including phenoxy) is 4. The fourth-order valence-electron chi connectivity index (χ4n) is 12.6. The Bertz CT molecular complexity index is 2060. The first-order valence-electron chi connectivity index (χ1n) is 43.0. The second-order valence-corrected chi connectivity index (χ2v) is 32.9. The molecule has 0 spiro atoms. The van der Waals surface area contributed by atoms with Gasteiger partial charge < -0.3 is 33.8 Å². The van der Waals surface area contributed by atoms with Crippen LogP contribution in [-0.2, 0) is 65.4 Å². The molecule has 0 saturated heterocycles. The van der Waals surface area contributed by atoms with E-state index in [0.717, 1.165) is 115 Å². The highest BCUT2D eigenvalue weighted by Crippen LogP contribution is 2.45. The van der Waals surface area contributed by atoms with Crippen molar-refractivity contribution >= 4 is 39.5 Å². The molecule has 19 heteroatoms. The van der Waals surface area contributed by atoms with Crippen molar-refractivity contribution < 1.29 is 80.2 Å². The topological polar surface area (TPSA) is 237 Å². The van der Waals surface area contributed by atoms with Crippen LogP contribution in [0.3, 0.4) is 0 Å². The summed E-state index contributed by atoms with van der Waals surface area (Å²) in [6.07, 6.45) is 71.7. The summed E-state index contributed by atoms with van der Waals surface area (Å²) in [6, 6.07) is 0. The second kappa shape index (κ2) is 76.3. The maximum Gasteiger partial charge on any atom is 0.472 e. The third kappa shape index (κ3) is 77.5. The van der Waals surface area contributed by atoms with E-state index in [1.54, 1.807) is 0 Å². The summed E-state index contributed by atoms with van der Waals surface area (Å²) in [5, 5.41) is 10.7. The number of allylic oxidation sites excluding steroid dienone is 4. The van der Waals surface area contributed by atoms with E-state index in [9.17, 15) is 43.2 Å². The van der Waals surface area contributed by atoms with Crippen LogP contribution in [0.2, 0.25) is 0 Å². The van der Waals surface area contributed by atoms with Crippen LogP contribution in [0.15, 0.2) is 24.3 Å². The summed E-state index contributed by atoms with van der Waals surface area (Å²) < 4.78 is 68.8. The van der Waals surface area contributed by atoms with E-state index >= 15 is 0 Å². The minimum Gasteiger partial charge on any atom is -0.462 e. The molecule has 608 valence electrons. The third-order valence-corrected chi connectivity index (χ3v) is 21.1. The molecule has 0 heterocycles. The maximum atomic E-state index is 13.1. The standard InChI is InChI=1S/C84H160O17P2/c1-6-9-12-15-18-21-24-27-30-31-32-33-34-35-36-39-42-45-48-55-60-65-70-83(88)100-79(73-94-81(86)67-62-57-52-46-43-40-37-28-25-22-19-16-13-10-7-2)75-98-102(90,91)96-71-78(85)72-97-103(92,93)99-76-80(74-95-82(87)68-63-58-53-50-49-51-56-61-66-77(4)5)101-84(89)69-64-59-54-47-44-41-38-29-26-23-20-17-14-11-8-3/h22,25,28,37,77-80,85H,6-21,23-24,26-27,29-36,38-76H2,1-5H3,(H,90,91)(H,92,93)/b25-22-,37-28-/t78-,79-,80-/m1/s1. The zero-order valence-corrected chi connectivity index (χ0v) is 68.7. The number of aliphatic hydroxyl groups excluding tert-OH is 1. The SMILES string of the molecule is CCCCCC/C=C\C=C/CCCCCCCC(=O)OC[C@H](COP(=O)(O)OC[C@@H](O)COP(=O)(O)OC[C@@H](COC(=O)CCCCCCCCCCC(C)C)OC(=O)CCCCCCCCCCCCCCCCC)OC(=O)CCCCCCCCCCCCCCCCCCCCCCCC. The minimum atomic E-state index is -4.97. The van der Waals surface area contributed by atoms with Gasteiger partial charge in [0.15, 0.2) is 12.2 Å². The highest BCUT2D eigenvalue weighted by molar-refractivity contribution is 7.47. The summed E-state index contributed by atoms with van der Waals surface area (Å²) in [4.78, 5) is 73.1. The first kappa shape index (κ1) is 101. The summed E-state index contributed by atoms with van der Waals surface area (Å²) in [6.45, 7) is 7.24. The van der Waals surface area contributed by atoms with Gasteiger partial charge in [-0.15, -0.1) is 0 Å². The molecule has 0 aromatic carbocycles. The largest absolute Gasteiger partial charge is 0.472 e. The minimum absolute atomic E-state index is 0.102. The number of unbranched alkanes of at least 4 members (excludes halogenated alkanes) is 51. The maximum absolute atomic E-state index is 13.1. The predicted octanol–water partition coefficient (Wildman–Crippen LogP) is 25.1. The van der Waals surface area contributed by atoms with Crippen molar-refractivity contribution in [3.8, 4) is 0 Å². The molecule has 0 aromatic heterocycles. The predicted molar refractivity (Wildman–Crippen MR) is 423 cm³/mol. The average molecular weight is 1500 g/mol. The van der Waals surface area contributed by atoms with Gasteiger partial charge in [0.05, 0.1) is 26.4 Å². The van der Waals surface area contributed by atoms with Crippen molar-refractivity contribution in [3.63, 3.8) is 0 Å². The van der Waals surface area contributed by atoms with E-state index in [2.05, 4.69) is 58.9 Å². The first-order chi connectivity index (χ1) is 50.0. The van der Waals surface area contributed by atoms with Crippen molar-refractivity contribution in [2.24, 2.45) is 5.92 Å². The summed E-state index contributed by atoms with van der Waals surface area (Å²) in [7, 11) is -9.93. The lowest BCUT2D eigenvalue weighted by molar-refractivity contribution is -0.161. The highest BCUT2D eigenvalue weighted by atomic mass is 31.2. The van der Waals surface area contributed by atoms with Gasteiger partial charge in [-0.05, 0) is 57.3 Å². The van der Waals surface area contributed by atoms with Crippen LogP contribution >= 0.6 is 15.6 Å². The molecule has 17 nitrogen and oxygen atoms in total. The zero-order chi connectivity index (χ0) is 75.5. The van der Waals surface area contributed by atoms with Crippen LogP contribution < -0.4 is 0 Å². The van der Waals surface area contributed by atoms with Crippen molar-refractivity contribution in [2.45, 2.75) is 445 Å². The van der Waals surface area contributed by atoms with Gasteiger partial charge in [0.1, 0.15) is 19.3 Å². The van der Waals surface area contributed by atoms with Crippen LogP contribution in [-0.4, -0.2) is 96.7 Å². The molecule has 0 radical (unpaired) electrons. The molecule has 0 saturated carbocycles. The number of phosphoric ester groups is 2. The van der Waals surface area contributed by atoms with Crippen molar-refractivity contribution in [3.05, 3.63) is 24.3 Å². The second-order valence-electron chi connectivity index (χ2n) is 30.0. The van der Waals surface area contributed by atoms with Crippen LogP contribution in [0.1, 0.15) is 426 Å². The number of carbonyl (C=O) groups excluding carboxylic acids is 4. The molecule has 0 aliphatic heterocycles. The Morgan fingerprint density at radius 3 is 0.796 bits per heavy atom. The lowest BCUT2D eigenvalue weighted by atomic mass is 10.0. The fraction of sp³-hybridized carbons (Fsp3) is 0.905. The Labute approximate surface area is 631 Å². The molecular weight excluding hydrogens is 1340 g/mol. The molecular formula is C84H160O17P2. The number of hydrogen-bond acceptors (Lipinski definition) is 15. The fourth-order valence-corrected chi connectivity index (χ4v) is 14.2. The van der Waals surface area contributed by atoms with Gasteiger partial charge in [-0.3, -0.25) is 37.3 Å². The van der Waals surface area contributed by atoms with Crippen molar-refractivity contribution in [1.82, 2.24) is 0 Å². The van der Waals surface area contributed by atoms with Crippen LogP contribution in [0, 0.1) is 5.92 Å². The Morgan fingerprint density at radius 1 is 0.301 bits per heavy atom. The molecule has 2 unspecified atom stereocenters. The van der Waals surface area contributed by atoms with Gasteiger partial charge in [-0.25, -0.2) is 9.13 Å². The number of hydrogen-bond donors (Lipinski definition) is 3. The third-order valence-electron chi connectivity index (χ3n) is 19.2. The van der Waals surface area contributed by atoms with Crippen LogP contribution in [0.25, 0.3) is 0 Å². The van der Waals surface area contributed by atoms with Gasteiger partial charge in [0, 0.05) is 25.7 Å². The van der Waals surface area contributed by atoms with E-state index < -0.39 is 97.5 Å². The Kier molecular flexibility index (Phi) is 74.5. The quantitative estimate of drug-likeness (QED) is 0.0169. The lowest BCUT2D eigenvalue weighted by Gasteiger charge is -2.21. The molecule has 0 bridgehead atoms. The number of phosphoric acid groups is 2. The molecule has 3 N–H and O–H groups in total. The number of esters is 4. The first-order valence-corrected chi connectivity index (χ1v) is 45.9. The molecule has 0 aliphatic rings. The van der Waals surface area contributed by atoms with E-state index in [0.29, 0.717) is 25.7 Å². The van der Waals surface area contributed by atoms with E-state index in [1.807, 2.05) is 0 Å². The molecule has 0 aliphatic carbocycles. The normalized spacial score (nSPS) is 14.0. The van der Waals surface area contributed by atoms with Gasteiger partial charge in [-0.2, -0.15) is 0 Å². The van der Waals surface area contributed by atoms with Crippen LogP contribution in [0.5, 0.6) is 0 Å². The van der Waals surface area contributed by atoms with E-state index in [1.165, 1.54) is 231 Å². The van der Waals surface area contributed by atoms with Gasteiger partial charge in [-0.1, -0.05) is 374 Å². The lowest BCUT2D eigenvalue weighted by Crippen LogP contribution is -2.30. The number of rotatable bonds is 82. The van der Waals surface area contributed by atoms with Gasteiger partial charge in [0.2, 0.25) is 0 Å². The van der Waals surface area contributed by atoms with Crippen molar-refractivity contribution in [2.75, 3.05) is 39.6 Å².